The molecule has 18 heavy (non-hydrogen) atoms. The van der Waals surface area contributed by atoms with Crippen LogP contribution in [-0.4, -0.2) is 9.38 Å². The monoisotopic (exact) mass is 257 g/mol. The van der Waals surface area contributed by atoms with Crippen LogP contribution in [0.5, 0.6) is 0 Å². The first kappa shape index (κ1) is 10.8. The van der Waals surface area contributed by atoms with Crippen LogP contribution in [0, 0.1) is 5.41 Å². The first-order valence-corrected chi connectivity index (χ1v) is 6.16. The second-order valence-electron chi connectivity index (χ2n) is 3.87. The molecule has 0 saturated heterocycles. The number of nitrogens with two attached hydrogens (primary N) is 2. The number of rotatable bonds is 1. The number of nitrogens with one attached hydrogen (secondary N) is 1. The number of aromatic nitrogens is 2. The van der Waals surface area contributed by atoms with Crippen molar-refractivity contribution in [3.05, 3.63) is 41.9 Å². The Morgan fingerprint density at radius 1 is 1.17 bits per heavy atom. The van der Waals surface area contributed by atoms with E-state index in [1.165, 1.54) is 17.4 Å². The van der Waals surface area contributed by atoms with Crippen LogP contribution in [0.1, 0.15) is 0 Å². The summed E-state index contributed by atoms with van der Waals surface area (Å²) in [6.45, 7) is 0. The number of nitrogen functional groups attached to an aromatic ring is 2. The third-order valence-corrected chi connectivity index (χ3v) is 3.75. The molecule has 5 nitrogen and oxygen atoms in total. The van der Waals surface area contributed by atoms with Gasteiger partial charge in [0.1, 0.15) is 17.1 Å². The van der Waals surface area contributed by atoms with Crippen LogP contribution in [0.2, 0.25) is 0 Å². The second kappa shape index (κ2) is 3.85. The van der Waals surface area contributed by atoms with E-state index in [9.17, 15) is 0 Å². The van der Waals surface area contributed by atoms with Gasteiger partial charge < -0.3 is 11.5 Å². The molecule has 0 aliphatic rings. The van der Waals surface area contributed by atoms with Gasteiger partial charge in [-0.1, -0.05) is 41.7 Å². The molecular weight excluding hydrogens is 246 g/mol. The Bertz CT molecular complexity index is 772. The molecule has 0 aliphatic carbocycles. The van der Waals surface area contributed by atoms with Crippen LogP contribution in [0.15, 0.2) is 36.4 Å². The van der Waals surface area contributed by atoms with Gasteiger partial charge in [0, 0.05) is 6.07 Å². The Morgan fingerprint density at radius 2 is 1.89 bits per heavy atom. The lowest BCUT2D eigenvalue weighted by Gasteiger charge is -1.99. The van der Waals surface area contributed by atoms with Crippen LogP contribution < -0.4 is 17.0 Å². The SMILES string of the molecule is N=c1cc(N)nc2sc(-c3ccccc3)c(N)n12. The van der Waals surface area contributed by atoms with Gasteiger partial charge in [0.2, 0.25) is 0 Å². The molecule has 0 unspecified atom stereocenters. The molecule has 0 atom stereocenters. The average molecular weight is 257 g/mol. The molecule has 0 amide bonds. The van der Waals surface area contributed by atoms with Crippen LogP contribution in [0.3, 0.4) is 0 Å². The first-order valence-electron chi connectivity index (χ1n) is 5.34. The minimum absolute atomic E-state index is 0.244. The summed E-state index contributed by atoms with van der Waals surface area (Å²) in [7, 11) is 0. The lowest BCUT2D eigenvalue weighted by molar-refractivity contribution is 1.01. The number of thiazole rings is 1. The number of nitrogens with zero attached hydrogens (tertiary/aromatic N) is 2. The summed E-state index contributed by atoms with van der Waals surface area (Å²) in [5.74, 6) is 0.861. The third-order valence-electron chi connectivity index (χ3n) is 2.64. The van der Waals surface area contributed by atoms with Crippen LogP contribution in [0.25, 0.3) is 15.4 Å². The standard InChI is InChI=1S/C12H11N5S/c13-8-6-9(14)17-11(15)10(18-12(17)16-8)7-4-2-1-3-5-7/h1-6,14H,13,15H2. The predicted octanol–water partition coefficient (Wildman–Crippen LogP) is 1.71. The molecule has 2 heterocycles. The summed E-state index contributed by atoms with van der Waals surface area (Å²) in [5.41, 5.74) is 13.0. The van der Waals surface area contributed by atoms with Crippen molar-refractivity contribution in [2.45, 2.75) is 0 Å². The van der Waals surface area contributed by atoms with Gasteiger partial charge >= 0.3 is 0 Å². The Morgan fingerprint density at radius 3 is 2.61 bits per heavy atom. The third kappa shape index (κ3) is 1.54. The predicted molar refractivity (Wildman–Crippen MR) is 73.2 cm³/mol. The lowest BCUT2D eigenvalue weighted by atomic mass is 10.2. The van der Waals surface area contributed by atoms with Crippen LogP contribution >= 0.6 is 11.3 Å². The van der Waals surface area contributed by atoms with Crippen molar-refractivity contribution in [1.29, 1.82) is 5.41 Å². The molecule has 0 fully saturated rings. The summed E-state index contributed by atoms with van der Waals surface area (Å²) in [4.78, 5) is 5.74. The van der Waals surface area contributed by atoms with Gasteiger partial charge in [-0.25, -0.2) is 4.98 Å². The molecule has 5 N–H and O–H groups in total. The first-order chi connectivity index (χ1) is 8.66. The molecule has 0 spiro atoms. The van der Waals surface area contributed by atoms with Gasteiger partial charge in [0.15, 0.2) is 4.96 Å². The maximum absolute atomic E-state index is 7.89. The number of hydrogen-bond donors (Lipinski definition) is 3. The van der Waals surface area contributed by atoms with Crippen molar-refractivity contribution in [2.75, 3.05) is 11.5 Å². The zero-order valence-electron chi connectivity index (χ0n) is 9.42. The summed E-state index contributed by atoms with van der Waals surface area (Å²) >= 11 is 1.43. The number of hydrogen-bond acceptors (Lipinski definition) is 5. The van der Waals surface area contributed by atoms with Crippen molar-refractivity contribution in [2.24, 2.45) is 0 Å². The Labute approximate surface area is 107 Å². The highest BCUT2D eigenvalue weighted by Crippen LogP contribution is 2.33. The lowest BCUT2D eigenvalue weighted by Crippen LogP contribution is -2.15. The van der Waals surface area contributed by atoms with Crippen molar-refractivity contribution in [3.8, 4) is 10.4 Å². The normalized spacial score (nSPS) is 10.9. The fourth-order valence-electron chi connectivity index (χ4n) is 1.84. The largest absolute Gasteiger partial charge is 0.384 e. The van der Waals surface area contributed by atoms with Gasteiger partial charge in [-0.15, -0.1) is 0 Å². The molecule has 0 saturated carbocycles. The fourth-order valence-corrected chi connectivity index (χ4v) is 2.91. The smallest absolute Gasteiger partial charge is 0.199 e. The van der Waals surface area contributed by atoms with Crippen LogP contribution in [-0.2, 0) is 0 Å². The van der Waals surface area contributed by atoms with Gasteiger partial charge in [-0.2, -0.15) is 0 Å². The van der Waals surface area contributed by atoms with Gasteiger partial charge in [-0.3, -0.25) is 9.81 Å². The highest BCUT2D eigenvalue weighted by molar-refractivity contribution is 7.20. The van der Waals surface area contributed by atoms with Gasteiger partial charge in [0.25, 0.3) is 0 Å². The van der Waals surface area contributed by atoms with E-state index in [0.717, 1.165) is 10.4 Å². The summed E-state index contributed by atoms with van der Waals surface area (Å²) in [6, 6.07) is 11.3. The Balaban J connectivity index is 2.37. The zero-order chi connectivity index (χ0) is 12.7. The average Bonchev–Trinajstić information content (AvgIpc) is 2.67. The van der Waals surface area contributed by atoms with Crippen molar-refractivity contribution >= 4 is 27.9 Å². The summed E-state index contributed by atoms with van der Waals surface area (Å²) in [5, 5.41) is 7.89. The molecule has 90 valence electrons. The highest BCUT2D eigenvalue weighted by Gasteiger charge is 2.12. The molecule has 1 aromatic carbocycles. The van der Waals surface area contributed by atoms with E-state index < -0.39 is 0 Å². The number of fused-ring (bicyclic) bond motifs is 1. The summed E-state index contributed by atoms with van der Waals surface area (Å²) < 4.78 is 1.60. The van der Waals surface area contributed by atoms with E-state index in [2.05, 4.69) is 4.98 Å². The van der Waals surface area contributed by atoms with Gasteiger partial charge in [-0.05, 0) is 5.56 Å². The minimum atomic E-state index is 0.244. The molecular formula is C12H11N5S. The second-order valence-corrected chi connectivity index (χ2v) is 4.84. The molecule has 3 rings (SSSR count). The van der Waals surface area contributed by atoms with E-state index in [1.54, 1.807) is 4.40 Å². The summed E-state index contributed by atoms with van der Waals surface area (Å²) in [6.07, 6.45) is 0. The molecule has 0 aliphatic heterocycles. The molecule has 2 aromatic heterocycles. The topological polar surface area (TPSA) is 93.2 Å². The number of anilines is 2. The Hall–Kier alpha value is -2.34. The minimum Gasteiger partial charge on any atom is -0.384 e. The van der Waals surface area contributed by atoms with E-state index in [1.807, 2.05) is 30.3 Å². The van der Waals surface area contributed by atoms with Gasteiger partial charge in [0.05, 0.1) is 4.88 Å². The van der Waals surface area contributed by atoms with E-state index >= 15 is 0 Å². The van der Waals surface area contributed by atoms with E-state index in [4.69, 9.17) is 16.9 Å². The number of benzene rings is 1. The van der Waals surface area contributed by atoms with E-state index in [0.29, 0.717) is 16.6 Å². The van der Waals surface area contributed by atoms with Crippen molar-refractivity contribution in [1.82, 2.24) is 9.38 Å². The van der Waals surface area contributed by atoms with Crippen molar-refractivity contribution in [3.63, 3.8) is 0 Å². The van der Waals surface area contributed by atoms with E-state index in [-0.39, 0.29) is 5.49 Å². The Kier molecular flexibility index (Phi) is 2.31. The molecule has 0 radical (unpaired) electrons. The molecule has 6 heteroatoms. The van der Waals surface area contributed by atoms with Crippen LogP contribution in [0.4, 0.5) is 11.6 Å². The zero-order valence-corrected chi connectivity index (χ0v) is 10.2. The fraction of sp³-hybridized carbons (Fsp3) is 0. The quantitative estimate of drug-likeness (QED) is 0.619. The highest BCUT2D eigenvalue weighted by atomic mass is 32.1. The maximum atomic E-state index is 7.89. The molecule has 3 aromatic rings. The molecule has 0 bridgehead atoms. The van der Waals surface area contributed by atoms with Crippen molar-refractivity contribution < 1.29 is 0 Å². The maximum Gasteiger partial charge on any atom is 0.199 e.